The van der Waals surface area contributed by atoms with Gasteiger partial charge < -0.3 is 5.32 Å². The van der Waals surface area contributed by atoms with Gasteiger partial charge in [-0.25, -0.2) is 4.39 Å². The number of nitro groups is 1. The first kappa shape index (κ1) is 15.9. The fourth-order valence-electron chi connectivity index (χ4n) is 2.09. The van der Waals surface area contributed by atoms with Crippen molar-refractivity contribution in [3.63, 3.8) is 0 Å². The van der Waals surface area contributed by atoms with Gasteiger partial charge in [-0.1, -0.05) is 36.4 Å². The standard InChI is InChI=1S/C17H17FN2O2/c18-16-8-3-5-14(13-16)10-12-19-11-4-7-15-6-1-2-9-17(15)20(21)22/h1-9,13,19H,10-12H2/b7-4-. The highest BCUT2D eigenvalue weighted by molar-refractivity contribution is 5.60. The van der Waals surface area contributed by atoms with E-state index in [0.717, 1.165) is 12.0 Å². The van der Waals surface area contributed by atoms with E-state index in [9.17, 15) is 14.5 Å². The van der Waals surface area contributed by atoms with Crippen LogP contribution in [-0.4, -0.2) is 18.0 Å². The molecule has 0 fully saturated rings. The zero-order chi connectivity index (χ0) is 15.8. The quantitative estimate of drug-likeness (QED) is 0.483. The molecule has 22 heavy (non-hydrogen) atoms. The van der Waals surface area contributed by atoms with Gasteiger partial charge in [0, 0.05) is 12.6 Å². The first-order valence-electron chi connectivity index (χ1n) is 7.02. The molecule has 0 radical (unpaired) electrons. The van der Waals surface area contributed by atoms with Crippen LogP contribution in [0.15, 0.2) is 54.6 Å². The summed E-state index contributed by atoms with van der Waals surface area (Å²) in [5, 5.41) is 14.1. The fraction of sp³-hybridized carbons (Fsp3) is 0.176. The Kier molecular flexibility index (Phi) is 5.80. The molecule has 2 aromatic carbocycles. The SMILES string of the molecule is O=[N+]([O-])c1ccccc1/C=C\CNCCc1cccc(F)c1. The third kappa shape index (κ3) is 4.79. The molecule has 0 bridgehead atoms. The van der Waals surface area contributed by atoms with Gasteiger partial charge in [-0.15, -0.1) is 0 Å². The summed E-state index contributed by atoms with van der Waals surface area (Å²) in [5.41, 5.74) is 1.62. The number of nitrogens with zero attached hydrogens (tertiary/aromatic N) is 1. The van der Waals surface area contributed by atoms with E-state index in [1.165, 1.54) is 18.2 Å². The van der Waals surface area contributed by atoms with Gasteiger partial charge >= 0.3 is 0 Å². The number of benzene rings is 2. The van der Waals surface area contributed by atoms with Crippen molar-refractivity contribution in [2.24, 2.45) is 0 Å². The molecule has 114 valence electrons. The second kappa shape index (κ2) is 8.05. The first-order chi connectivity index (χ1) is 10.7. The smallest absolute Gasteiger partial charge is 0.276 e. The lowest BCUT2D eigenvalue weighted by Crippen LogP contribution is -2.16. The second-order valence-corrected chi connectivity index (χ2v) is 4.80. The third-order valence-corrected chi connectivity index (χ3v) is 3.17. The molecule has 0 heterocycles. The van der Waals surface area contributed by atoms with Crippen LogP contribution >= 0.6 is 0 Å². The summed E-state index contributed by atoms with van der Waals surface area (Å²) in [5.74, 6) is -0.228. The first-order valence-corrected chi connectivity index (χ1v) is 7.02. The third-order valence-electron chi connectivity index (χ3n) is 3.17. The van der Waals surface area contributed by atoms with Crippen LogP contribution in [0.3, 0.4) is 0 Å². The van der Waals surface area contributed by atoms with E-state index in [1.807, 2.05) is 12.1 Å². The van der Waals surface area contributed by atoms with Gasteiger partial charge in [0.25, 0.3) is 5.69 Å². The summed E-state index contributed by atoms with van der Waals surface area (Å²) in [4.78, 5) is 10.5. The van der Waals surface area contributed by atoms with E-state index in [-0.39, 0.29) is 11.5 Å². The van der Waals surface area contributed by atoms with Crippen LogP contribution in [0.5, 0.6) is 0 Å². The van der Waals surface area contributed by atoms with Gasteiger partial charge in [-0.2, -0.15) is 0 Å². The minimum Gasteiger partial charge on any atom is -0.313 e. The molecule has 0 saturated carbocycles. The van der Waals surface area contributed by atoms with Gasteiger partial charge in [-0.3, -0.25) is 10.1 Å². The second-order valence-electron chi connectivity index (χ2n) is 4.80. The number of hydrogen-bond donors (Lipinski definition) is 1. The van der Waals surface area contributed by atoms with Gasteiger partial charge in [0.2, 0.25) is 0 Å². The van der Waals surface area contributed by atoms with Gasteiger partial charge in [0.15, 0.2) is 0 Å². The van der Waals surface area contributed by atoms with E-state index < -0.39 is 4.92 Å². The normalized spacial score (nSPS) is 11.0. The monoisotopic (exact) mass is 300 g/mol. The predicted molar refractivity (Wildman–Crippen MR) is 85.1 cm³/mol. The van der Waals surface area contributed by atoms with Crippen molar-refractivity contribution < 1.29 is 9.31 Å². The molecule has 2 rings (SSSR count). The Hall–Kier alpha value is -2.53. The molecule has 1 N–H and O–H groups in total. The molecule has 0 spiro atoms. The van der Waals surface area contributed by atoms with E-state index >= 15 is 0 Å². The Balaban J connectivity index is 1.78. The van der Waals surface area contributed by atoms with Crippen molar-refractivity contribution in [2.75, 3.05) is 13.1 Å². The molecule has 5 heteroatoms. The van der Waals surface area contributed by atoms with Crippen LogP contribution < -0.4 is 5.32 Å². The average Bonchev–Trinajstić information content (AvgIpc) is 2.51. The Labute approximate surface area is 128 Å². The molecule has 0 aliphatic heterocycles. The minimum absolute atomic E-state index is 0.0958. The maximum absolute atomic E-state index is 13.0. The Morgan fingerprint density at radius 2 is 2.00 bits per heavy atom. The molecular formula is C17H17FN2O2. The number of para-hydroxylation sites is 1. The maximum atomic E-state index is 13.0. The molecule has 0 aromatic heterocycles. The zero-order valence-corrected chi connectivity index (χ0v) is 12.0. The van der Waals surface area contributed by atoms with Crippen LogP contribution in [0, 0.1) is 15.9 Å². The van der Waals surface area contributed by atoms with Crippen molar-refractivity contribution in [3.05, 3.63) is 81.7 Å². The molecular weight excluding hydrogens is 283 g/mol. The summed E-state index contributed by atoms with van der Waals surface area (Å²) in [6.45, 7) is 1.31. The number of nitrogens with one attached hydrogen (secondary N) is 1. The largest absolute Gasteiger partial charge is 0.313 e. The van der Waals surface area contributed by atoms with Gasteiger partial charge in [0.05, 0.1) is 10.5 Å². The van der Waals surface area contributed by atoms with Crippen molar-refractivity contribution in [3.8, 4) is 0 Å². The molecule has 0 saturated heterocycles. The molecule has 2 aromatic rings. The van der Waals surface area contributed by atoms with E-state index in [1.54, 1.807) is 30.3 Å². The average molecular weight is 300 g/mol. The van der Waals surface area contributed by atoms with Gasteiger partial charge in [0.1, 0.15) is 5.82 Å². The number of nitro benzene ring substituents is 1. The molecule has 0 unspecified atom stereocenters. The van der Waals surface area contributed by atoms with Crippen LogP contribution in [-0.2, 0) is 6.42 Å². The predicted octanol–water partition coefficient (Wildman–Crippen LogP) is 3.58. The summed E-state index contributed by atoms with van der Waals surface area (Å²) >= 11 is 0. The highest BCUT2D eigenvalue weighted by Crippen LogP contribution is 2.18. The van der Waals surface area contributed by atoms with Crippen molar-refractivity contribution >= 4 is 11.8 Å². The van der Waals surface area contributed by atoms with Crippen LogP contribution in [0.2, 0.25) is 0 Å². The zero-order valence-electron chi connectivity index (χ0n) is 12.0. The Morgan fingerprint density at radius 1 is 1.18 bits per heavy atom. The van der Waals surface area contributed by atoms with Crippen molar-refractivity contribution in [1.29, 1.82) is 0 Å². The molecule has 0 aliphatic carbocycles. The highest BCUT2D eigenvalue weighted by atomic mass is 19.1. The summed E-state index contributed by atoms with van der Waals surface area (Å²) in [6, 6.07) is 13.1. The molecule has 0 amide bonds. The lowest BCUT2D eigenvalue weighted by atomic mass is 10.1. The number of halogens is 1. The highest BCUT2D eigenvalue weighted by Gasteiger charge is 2.08. The van der Waals surface area contributed by atoms with Crippen molar-refractivity contribution in [1.82, 2.24) is 5.32 Å². The van der Waals surface area contributed by atoms with Crippen LogP contribution in [0.4, 0.5) is 10.1 Å². The topological polar surface area (TPSA) is 55.2 Å². The molecule has 0 aliphatic rings. The number of hydrogen-bond acceptors (Lipinski definition) is 3. The fourth-order valence-corrected chi connectivity index (χ4v) is 2.09. The van der Waals surface area contributed by atoms with Crippen LogP contribution in [0.25, 0.3) is 6.08 Å². The van der Waals surface area contributed by atoms with E-state index in [0.29, 0.717) is 18.7 Å². The van der Waals surface area contributed by atoms with Gasteiger partial charge in [-0.05, 0) is 36.7 Å². The lowest BCUT2D eigenvalue weighted by Gasteiger charge is -2.02. The molecule has 0 atom stereocenters. The summed E-state index contributed by atoms with van der Waals surface area (Å²) in [6.07, 6.45) is 4.30. The minimum atomic E-state index is -0.392. The summed E-state index contributed by atoms with van der Waals surface area (Å²) < 4.78 is 13.0. The van der Waals surface area contributed by atoms with Crippen molar-refractivity contribution in [2.45, 2.75) is 6.42 Å². The molecule has 4 nitrogen and oxygen atoms in total. The van der Waals surface area contributed by atoms with Crippen LogP contribution in [0.1, 0.15) is 11.1 Å². The van der Waals surface area contributed by atoms with E-state index in [2.05, 4.69) is 5.32 Å². The summed E-state index contributed by atoms with van der Waals surface area (Å²) in [7, 11) is 0. The lowest BCUT2D eigenvalue weighted by molar-refractivity contribution is -0.385. The Bertz CT molecular complexity index is 671. The van der Waals surface area contributed by atoms with E-state index in [4.69, 9.17) is 0 Å². The maximum Gasteiger partial charge on any atom is 0.276 e. The number of rotatable bonds is 7. The Morgan fingerprint density at radius 3 is 2.77 bits per heavy atom.